The first-order chi connectivity index (χ1) is 20.5. The van der Waals surface area contributed by atoms with E-state index in [4.69, 9.17) is 28.4 Å². The van der Waals surface area contributed by atoms with Crippen molar-refractivity contribution in [2.45, 2.75) is 84.2 Å². The van der Waals surface area contributed by atoms with Crippen LogP contribution >= 0.6 is 0 Å². The molecule has 0 radical (unpaired) electrons. The largest absolute Gasteiger partial charge is 0.463 e. The fourth-order valence-electron chi connectivity index (χ4n) is 4.61. The number of rotatable bonds is 12. The highest BCUT2D eigenvalue weighted by atomic mass is 16.7. The lowest BCUT2D eigenvalue weighted by Crippen LogP contribution is -2.63. The van der Waals surface area contributed by atoms with Crippen LogP contribution in [0.3, 0.4) is 0 Å². The number of nitriles is 2. The van der Waals surface area contributed by atoms with Gasteiger partial charge >= 0.3 is 23.9 Å². The van der Waals surface area contributed by atoms with E-state index in [0.29, 0.717) is 12.0 Å². The van der Waals surface area contributed by atoms with E-state index in [1.54, 1.807) is 18.6 Å². The number of hydrogen-bond donors (Lipinski definition) is 0. The SMILES string of the molecule is CC(=O)OC[C@H]1O[C@@H](Oc2ccc(CCCCn3ccnc3)c(C#N)c2C#N)[C@H](OC(C)=O)[C@@H](OC(C)=O)[C@H]1OC(C)=O. The molecule has 0 N–H and O–H groups in total. The van der Waals surface area contributed by atoms with Gasteiger partial charge in [-0.2, -0.15) is 10.5 Å². The summed E-state index contributed by atoms with van der Waals surface area (Å²) in [6.45, 7) is 4.78. The maximum Gasteiger partial charge on any atom is 0.303 e. The third-order valence-corrected chi connectivity index (χ3v) is 6.34. The lowest BCUT2D eigenvalue weighted by molar-refractivity contribution is -0.288. The van der Waals surface area contributed by atoms with Gasteiger partial charge in [-0.15, -0.1) is 0 Å². The number of unbranched alkanes of at least 4 members (excludes halogenated alkanes) is 1. The number of benzene rings is 1. The first-order valence-corrected chi connectivity index (χ1v) is 13.4. The van der Waals surface area contributed by atoms with Crippen molar-refractivity contribution in [3.8, 4) is 17.9 Å². The monoisotopic (exact) mass is 596 g/mol. The first kappa shape index (κ1) is 32.6. The van der Waals surface area contributed by atoms with Crippen molar-refractivity contribution in [1.82, 2.24) is 9.55 Å². The second-order valence-electron chi connectivity index (χ2n) is 9.64. The van der Waals surface area contributed by atoms with E-state index in [2.05, 4.69) is 11.1 Å². The Bertz CT molecular complexity index is 1400. The van der Waals surface area contributed by atoms with E-state index in [1.165, 1.54) is 6.07 Å². The van der Waals surface area contributed by atoms with Crippen LogP contribution in [0.5, 0.6) is 5.75 Å². The Morgan fingerprint density at radius 1 is 0.884 bits per heavy atom. The van der Waals surface area contributed by atoms with Crippen LogP contribution < -0.4 is 4.74 Å². The molecule has 0 saturated carbocycles. The van der Waals surface area contributed by atoms with Gasteiger partial charge in [0.2, 0.25) is 12.4 Å². The van der Waals surface area contributed by atoms with Gasteiger partial charge in [0.25, 0.3) is 0 Å². The van der Waals surface area contributed by atoms with Gasteiger partial charge in [-0.3, -0.25) is 19.2 Å². The number of aryl methyl sites for hydroxylation is 2. The molecule has 1 fully saturated rings. The quantitative estimate of drug-likeness (QED) is 0.197. The maximum absolute atomic E-state index is 12.1. The van der Waals surface area contributed by atoms with Crippen molar-refractivity contribution >= 4 is 23.9 Å². The molecule has 43 heavy (non-hydrogen) atoms. The summed E-state index contributed by atoms with van der Waals surface area (Å²) in [7, 11) is 0. The zero-order valence-electron chi connectivity index (χ0n) is 24.2. The van der Waals surface area contributed by atoms with Gasteiger partial charge in [-0.25, -0.2) is 4.98 Å². The highest BCUT2D eigenvalue weighted by molar-refractivity contribution is 5.69. The molecule has 2 aromatic rings. The molecule has 14 heteroatoms. The zero-order chi connectivity index (χ0) is 31.5. The average Bonchev–Trinajstić information content (AvgIpc) is 3.46. The Hall–Kier alpha value is -4.95. The van der Waals surface area contributed by atoms with Crippen LogP contribution in [0.15, 0.2) is 30.9 Å². The highest BCUT2D eigenvalue weighted by Gasteiger charge is 2.53. The molecule has 1 saturated heterocycles. The van der Waals surface area contributed by atoms with Crippen molar-refractivity contribution in [3.63, 3.8) is 0 Å². The minimum Gasteiger partial charge on any atom is -0.463 e. The van der Waals surface area contributed by atoms with Crippen LogP contribution in [-0.2, 0) is 55.8 Å². The fraction of sp³-hybridized carbons (Fsp3) is 0.483. The molecule has 1 aliphatic rings. The molecular formula is C29H32N4O10. The summed E-state index contributed by atoms with van der Waals surface area (Å²) in [6, 6.07) is 7.20. The Balaban J connectivity index is 1.94. The van der Waals surface area contributed by atoms with E-state index < -0.39 is 61.2 Å². The number of imidazole rings is 1. The van der Waals surface area contributed by atoms with Gasteiger partial charge in [0.15, 0.2) is 12.2 Å². The molecule has 0 aliphatic carbocycles. The molecule has 228 valence electrons. The highest BCUT2D eigenvalue weighted by Crippen LogP contribution is 2.33. The van der Waals surface area contributed by atoms with E-state index in [9.17, 15) is 29.7 Å². The van der Waals surface area contributed by atoms with E-state index in [1.807, 2.05) is 16.8 Å². The van der Waals surface area contributed by atoms with Gasteiger partial charge in [0, 0.05) is 46.6 Å². The number of carbonyl (C=O) groups excluding carboxylic acids is 4. The summed E-state index contributed by atoms with van der Waals surface area (Å²) in [5.74, 6) is -3.11. The van der Waals surface area contributed by atoms with Crippen LogP contribution in [0.1, 0.15) is 57.2 Å². The van der Waals surface area contributed by atoms with Crippen molar-refractivity contribution in [2.24, 2.45) is 0 Å². The number of aromatic nitrogens is 2. The summed E-state index contributed by atoms with van der Waals surface area (Å²) >= 11 is 0. The molecule has 5 atom stereocenters. The van der Waals surface area contributed by atoms with Crippen LogP contribution in [0.2, 0.25) is 0 Å². The van der Waals surface area contributed by atoms with Crippen molar-refractivity contribution in [3.05, 3.63) is 47.5 Å². The van der Waals surface area contributed by atoms with Crippen LogP contribution in [0.25, 0.3) is 0 Å². The van der Waals surface area contributed by atoms with E-state index >= 15 is 0 Å². The van der Waals surface area contributed by atoms with Crippen LogP contribution in [-0.4, -0.2) is 70.7 Å². The summed E-state index contributed by atoms with van der Waals surface area (Å²) < 4.78 is 35.1. The molecule has 0 bridgehead atoms. The molecule has 1 aliphatic heterocycles. The van der Waals surface area contributed by atoms with Gasteiger partial charge in [-0.05, 0) is 30.9 Å². The van der Waals surface area contributed by atoms with Crippen LogP contribution in [0.4, 0.5) is 0 Å². The number of nitrogens with zero attached hydrogens (tertiary/aromatic N) is 4. The minimum absolute atomic E-state index is 0.0675. The molecule has 1 aromatic heterocycles. The zero-order valence-corrected chi connectivity index (χ0v) is 24.2. The predicted octanol–water partition coefficient (Wildman–Crippen LogP) is 2.11. The van der Waals surface area contributed by atoms with Crippen molar-refractivity contribution in [2.75, 3.05) is 6.61 Å². The molecule has 0 unspecified atom stereocenters. The van der Waals surface area contributed by atoms with Crippen molar-refractivity contribution < 1.29 is 47.6 Å². The predicted molar refractivity (Wildman–Crippen MR) is 144 cm³/mol. The minimum atomic E-state index is -1.54. The van der Waals surface area contributed by atoms with Gasteiger partial charge in [0.05, 0.1) is 11.9 Å². The number of hydrogen-bond acceptors (Lipinski definition) is 13. The summed E-state index contributed by atoms with van der Waals surface area (Å²) in [5.41, 5.74) is 0.661. The van der Waals surface area contributed by atoms with Gasteiger partial charge in [-0.1, -0.05) is 6.07 Å². The molecule has 3 rings (SSSR count). The van der Waals surface area contributed by atoms with Gasteiger partial charge < -0.3 is 33.0 Å². The third kappa shape index (κ3) is 9.02. The summed E-state index contributed by atoms with van der Waals surface area (Å²) in [5, 5.41) is 19.9. The summed E-state index contributed by atoms with van der Waals surface area (Å²) in [6.07, 6.45) is 0.263. The molecule has 14 nitrogen and oxygen atoms in total. The normalized spacial score (nSPS) is 21.0. The second kappa shape index (κ2) is 15.3. The standard InChI is InChI=1S/C29H32N4O10/c1-17(34)38-15-25-26(39-18(2)35)27(40-19(3)36)28(41-20(4)37)29(43-25)42-24-9-8-21(22(13-30)23(24)14-31)7-5-6-11-33-12-10-32-16-33/h8-10,12,16,25-29H,5-7,11,15H2,1-4H3/t25-,26+,27+,28-,29-/m1/s1. The summed E-state index contributed by atoms with van der Waals surface area (Å²) in [4.78, 5) is 51.6. The fourth-order valence-corrected chi connectivity index (χ4v) is 4.61. The van der Waals surface area contributed by atoms with E-state index in [-0.39, 0.29) is 16.9 Å². The molecule has 0 spiro atoms. The molecular weight excluding hydrogens is 564 g/mol. The molecule has 1 aromatic carbocycles. The van der Waals surface area contributed by atoms with Crippen LogP contribution in [0, 0.1) is 22.7 Å². The Morgan fingerprint density at radius 3 is 2.12 bits per heavy atom. The molecule has 2 heterocycles. The number of ether oxygens (including phenoxy) is 6. The number of carbonyl (C=O) groups is 4. The first-order valence-electron chi connectivity index (χ1n) is 13.4. The van der Waals surface area contributed by atoms with Crippen molar-refractivity contribution in [1.29, 1.82) is 10.5 Å². The number of esters is 4. The second-order valence-corrected chi connectivity index (χ2v) is 9.64. The Labute approximate surface area is 248 Å². The average molecular weight is 597 g/mol. The molecule has 0 amide bonds. The lowest BCUT2D eigenvalue weighted by atomic mass is 9.96. The third-order valence-electron chi connectivity index (χ3n) is 6.34. The Morgan fingerprint density at radius 2 is 1.53 bits per heavy atom. The topological polar surface area (TPSA) is 189 Å². The Kier molecular flexibility index (Phi) is 11.6. The lowest BCUT2D eigenvalue weighted by Gasteiger charge is -2.44. The van der Waals surface area contributed by atoms with Gasteiger partial charge in [0.1, 0.15) is 36.2 Å². The maximum atomic E-state index is 12.1. The smallest absolute Gasteiger partial charge is 0.303 e. The van der Waals surface area contributed by atoms with E-state index in [0.717, 1.165) is 47.1 Å².